The van der Waals surface area contributed by atoms with Crippen molar-refractivity contribution in [1.29, 1.82) is 0 Å². The summed E-state index contributed by atoms with van der Waals surface area (Å²) in [6.45, 7) is 0. The number of hydrogen-bond acceptors (Lipinski definition) is 2. The number of hydrogen-bond donors (Lipinski definition) is 0. The lowest BCUT2D eigenvalue weighted by molar-refractivity contribution is -0.0576. The molecule has 1 aromatic rings. The van der Waals surface area contributed by atoms with Gasteiger partial charge in [0, 0.05) is 10.9 Å². The van der Waals surface area contributed by atoms with Gasteiger partial charge in [0.2, 0.25) is 0 Å². The van der Waals surface area contributed by atoms with Gasteiger partial charge in [0.25, 0.3) is 0 Å². The van der Waals surface area contributed by atoms with E-state index in [-0.39, 0.29) is 6.04 Å². The van der Waals surface area contributed by atoms with Gasteiger partial charge in [0.1, 0.15) is 0 Å². The molecular formula is C14H14F3NS. The van der Waals surface area contributed by atoms with Crippen molar-refractivity contribution < 1.29 is 13.2 Å². The van der Waals surface area contributed by atoms with Crippen LogP contribution in [0.3, 0.4) is 0 Å². The van der Waals surface area contributed by atoms with Gasteiger partial charge in [-0.15, -0.1) is 0 Å². The summed E-state index contributed by atoms with van der Waals surface area (Å²) in [7, 11) is 0. The first kappa shape index (κ1) is 14.1. The lowest BCUT2D eigenvalue weighted by Gasteiger charge is -2.18. The third kappa shape index (κ3) is 4.39. The molecule has 0 unspecified atom stereocenters. The SMILES string of the molecule is FC(F)(F)C(C#Cc1ccsc1)=NC1CCCCC1. The van der Waals surface area contributed by atoms with E-state index in [0.29, 0.717) is 5.56 Å². The van der Waals surface area contributed by atoms with Crippen LogP contribution in [0.1, 0.15) is 37.7 Å². The molecule has 0 atom stereocenters. The van der Waals surface area contributed by atoms with Crippen LogP contribution in [0.5, 0.6) is 0 Å². The molecule has 2 rings (SSSR count). The molecule has 102 valence electrons. The molecular weight excluding hydrogens is 271 g/mol. The second-order valence-electron chi connectivity index (χ2n) is 4.53. The van der Waals surface area contributed by atoms with Crippen molar-refractivity contribution in [2.24, 2.45) is 4.99 Å². The van der Waals surface area contributed by atoms with Crippen molar-refractivity contribution in [2.75, 3.05) is 0 Å². The molecule has 0 radical (unpaired) electrons. The highest BCUT2D eigenvalue weighted by molar-refractivity contribution is 7.08. The molecule has 5 heteroatoms. The van der Waals surface area contributed by atoms with E-state index in [2.05, 4.69) is 16.8 Å². The normalized spacial score (nSPS) is 17.9. The van der Waals surface area contributed by atoms with E-state index >= 15 is 0 Å². The maximum atomic E-state index is 12.9. The molecule has 19 heavy (non-hydrogen) atoms. The zero-order valence-electron chi connectivity index (χ0n) is 10.3. The first-order valence-electron chi connectivity index (χ1n) is 6.25. The molecule has 0 aromatic carbocycles. The Labute approximate surface area is 114 Å². The standard InChI is InChI=1S/C14H14F3NS/c15-14(16,17)13(7-6-11-8-9-19-10-11)18-12-4-2-1-3-5-12/h8-10,12H,1-5H2. The monoisotopic (exact) mass is 285 g/mol. The summed E-state index contributed by atoms with van der Waals surface area (Å²) in [5, 5.41) is 3.51. The zero-order valence-corrected chi connectivity index (χ0v) is 11.2. The van der Waals surface area contributed by atoms with Gasteiger partial charge in [-0.05, 0) is 30.2 Å². The third-order valence-electron chi connectivity index (χ3n) is 3.00. The van der Waals surface area contributed by atoms with E-state index in [9.17, 15) is 13.2 Å². The molecule has 1 heterocycles. The predicted molar refractivity (Wildman–Crippen MR) is 71.6 cm³/mol. The first-order valence-corrected chi connectivity index (χ1v) is 7.19. The first-order chi connectivity index (χ1) is 9.05. The number of aliphatic imine (C=N–C) groups is 1. The Morgan fingerprint density at radius 2 is 2.00 bits per heavy atom. The summed E-state index contributed by atoms with van der Waals surface area (Å²) in [5.41, 5.74) is -0.337. The van der Waals surface area contributed by atoms with Crippen LogP contribution < -0.4 is 0 Å². The van der Waals surface area contributed by atoms with Crippen LogP contribution in [-0.2, 0) is 0 Å². The highest BCUT2D eigenvalue weighted by Gasteiger charge is 2.35. The van der Waals surface area contributed by atoms with Crippen LogP contribution in [-0.4, -0.2) is 17.9 Å². The highest BCUT2D eigenvalue weighted by atomic mass is 32.1. The van der Waals surface area contributed by atoms with Gasteiger partial charge in [0.15, 0.2) is 5.71 Å². The fourth-order valence-corrected chi connectivity index (χ4v) is 2.62. The van der Waals surface area contributed by atoms with Gasteiger partial charge in [0.05, 0.1) is 6.04 Å². The number of rotatable bonds is 1. The lowest BCUT2D eigenvalue weighted by Crippen LogP contribution is -2.24. The summed E-state index contributed by atoms with van der Waals surface area (Å²) in [5.74, 6) is 4.72. The van der Waals surface area contributed by atoms with Crippen molar-refractivity contribution in [3.05, 3.63) is 22.4 Å². The van der Waals surface area contributed by atoms with E-state index in [1.54, 1.807) is 16.8 Å². The van der Waals surface area contributed by atoms with E-state index in [1.807, 2.05) is 0 Å². The van der Waals surface area contributed by atoms with Crippen LogP contribution in [0.4, 0.5) is 13.2 Å². The fraction of sp³-hybridized carbons (Fsp3) is 0.500. The van der Waals surface area contributed by atoms with Crippen molar-refractivity contribution in [3.8, 4) is 11.8 Å². The van der Waals surface area contributed by atoms with Gasteiger partial charge in [-0.1, -0.05) is 25.2 Å². The Bertz CT molecular complexity index is 485. The molecule has 1 fully saturated rings. The van der Waals surface area contributed by atoms with Crippen molar-refractivity contribution in [2.45, 2.75) is 44.3 Å². The minimum absolute atomic E-state index is 0.220. The molecule has 1 nitrogen and oxygen atoms in total. The summed E-state index contributed by atoms with van der Waals surface area (Å²) in [6, 6.07) is 1.48. The van der Waals surface area contributed by atoms with E-state index in [1.165, 1.54) is 11.3 Å². The molecule has 1 saturated carbocycles. The van der Waals surface area contributed by atoms with Crippen LogP contribution >= 0.6 is 11.3 Å². The average Bonchev–Trinajstić information content (AvgIpc) is 2.87. The van der Waals surface area contributed by atoms with E-state index in [4.69, 9.17) is 0 Å². The molecule has 0 aliphatic heterocycles. The molecule has 1 aliphatic carbocycles. The van der Waals surface area contributed by atoms with Gasteiger partial charge >= 0.3 is 6.18 Å². The number of thiophene rings is 1. The van der Waals surface area contributed by atoms with Crippen molar-refractivity contribution >= 4 is 17.0 Å². The summed E-state index contributed by atoms with van der Waals surface area (Å²) < 4.78 is 38.6. The van der Waals surface area contributed by atoms with Gasteiger partial charge < -0.3 is 0 Å². The molecule has 1 aliphatic rings. The van der Waals surface area contributed by atoms with Crippen LogP contribution in [0, 0.1) is 11.8 Å². The molecule has 0 amide bonds. The number of nitrogens with zero attached hydrogens (tertiary/aromatic N) is 1. The van der Waals surface area contributed by atoms with Gasteiger partial charge in [-0.25, -0.2) is 0 Å². The Kier molecular flexibility index (Phi) is 4.65. The Hall–Kier alpha value is -1.28. The third-order valence-corrected chi connectivity index (χ3v) is 3.68. The summed E-state index contributed by atoms with van der Waals surface area (Å²) in [4.78, 5) is 3.83. The molecule has 1 aromatic heterocycles. The van der Waals surface area contributed by atoms with Gasteiger partial charge in [-0.3, -0.25) is 4.99 Å². The molecule has 0 bridgehead atoms. The highest BCUT2D eigenvalue weighted by Crippen LogP contribution is 2.24. The smallest absolute Gasteiger partial charge is 0.269 e. The maximum Gasteiger partial charge on any atom is 0.441 e. The molecule has 0 saturated heterocycles. The fourth-order valence-electron chi connectivity index (χ4n) is 2.04. The predicted octanol–water partition coefficient (Wildman–Crippen LogP) is 4.44. The summed E-state index contributed by atoms with van der Waals surface area (Å²) in [6.07, 6.45) is 0.0162. The van der Waals surface area contributed by atoms with Crippen LogP contribution in [0.15, 0.2) is 21.8 Å². The van der Waals surface area contributed by atoms with Crippen LogP contribution in [0.2, 0.25) is 0 Å². The van der Waals surface area contributed by atoms with Gasteiger partial charge in [-0.2, -0.15) is 24.5 Å². The number of alkyl halides is 3. The van der Waals surface area contributed by atoms with E-state index < -0.39 is 11.9 Å². The Morgan fingerprint density at radius 1 is 1.26 bits per heavy atom. The second-order valence-corrected chi connectivity index (χ2v) is 5.31. The largest absolute Gasteiger partial charge is 0.441 e. The molecule has 0 N–H and O–H groups in total. The number of halogens is 3. The topological polar surface area (TPSA) is 12.4 Å². The molecule has 0 spiro atoms. The zero-order chi connectivity index (χ0) is 13.7. The minimum Gasteiger partial charge on any atom is -0.269 e. The Balaban J connectivity index is 2.18. The van der Waals surface area contributed by atoms with Crippen molar-refractivity contribution in [1.82, 2.24) is 0 Å². The van der Waals surface area contributed by atoms with Crippen LogP contribution in [0.25, 0.3) is 0 Å². The Morgan fingerprint density at radius 3 is 2.58 bits per heavy atom. The van der Waals surface area contributed by atoms with E-state index in [0.717, 1.165) is 32.1 Å². The minimum atomic E-state index is -4.46. The second kappa shape index (κ2) is 6.25. The lowest BCUT2D eigenvalue weighted by atomic mass is 9.96. The average molecular weight is 285 g/mol. The van der Waals surface area contributed by atoms with Crippen molar-refractivity contribution in [3.63, 3.8) is 0 Å². The quantitative estimate of drug-likeness (QED) is 0.534. The summed E-state index contributed by atoms with van der Waals surface area (Å²) >= 11 is 1.41. The maximum absolute atomic E-state index is 12.9.